The standard InChI is InChI=1S/C4H6O8S2/c5-3(11-13(7)8)1-2-4(6)12-14(9)10/h1-2H2,(H,7,8)(H,9,10). The Hall–Kier alpha value is -0.840. The zero-order valence-corrected chi connectivity index (χ0v) is 8.21. The van der Waals surface area contributed by atoms with Crippen LogP contribution in [0.15, 0.2) is 0 Å². The average Bonchev–Trinajstić information content (AvgIpc) is 1.98. The monoisotopic (exact) mass is 246 g/mol. The Morgan fingerprint density at radius 2 is 1.21 bits per heavy atom. The van der Waals surface area contributed by atoms with Gasteiger partial charge >= 0.3 is 34.7 Å². The molecule has 0 rings (SSSR count). The molecule has 0 heterocycles. The maximum absolute atomic E-state index is 10.5. The predicted molar refractivity (Wildman–Crippen MR) is 43.0 cm³/mol. The molecule has 2 atom stereocenters. The van der Waals surface area contributed by atoms with Crippen molar-refractivity contribution in [1.29, 1.82) is 0 Å². The van der Waals surface area contributed by atoms with Gasteiger partial charge in [0.15, 0.2) is 0 Å². The Balaban J connectivity index is 3.72. The SMILES string of the molecule is O=C(CCC(=O)OS(=O)O)OS(=O)O. The summed E-state index contributed by atoms with van der Waals surface area (Å²) in [7, 11) is 0. The highest BCUT2D eigenvalue weighted by Crippen LogP contribution is 1.97. The third-order valence-corrected chi connectivity index (χ3v) is 1.52. The first kappa shape index (κ1) is 13.2. The van der Waals surface area contributed by atoms with Crippen LogP contribution < -0.4 is 0 Å². The number of hydrogen-bond donors (Lipinski definition) is 2. The van der Waals surface area contributed by atoms with Crippen LogP contribution in [0.4, 0.5) is 0 Å². The molecular weight excluding hydrogens is 240 g/mol. The molecule has 0 aromatic carbocycles. The third kappa shape index (κ3) is 7.79. The minimum absolute atomic E-state index is 0.512. The second-order valence-electron chi connectivity index (χ2n) is 1.84. The van der Waals surface area contributed by atoms with Crippen molar-refractivity contribution in [2.45, 2.75) is 12.8 Å². The van der Waals surface area contributed by atoms with E-state index in [4.69, 9.17) is 9.11 Å². The maximum atomic E-state index is 10.5. The van der Waals surface area contributed by atoms with Gasteiger partial charge in [-0.05, 0) is 0 Å². The summed E-state index contributed by atoms with van der Waals surface area (Å²) in [4.78, 5) is 21.0. The highest BCUT2D eigenvalue weighted by Gasteiger charge is 2.12. The van der Waals surface area contributed by atoms with Gasteiger partial charge in [0.2, 0.25) is 0 Å². The highest BCUT2D eigenvalue weighted by atomic mass is 32.2. The Labute approximate surface area is 83.6 Å². The fourth-order valence-electron chi connectivity index (χ4n) is 0.446. The molecule has 82 valence electrons. The Morgan fingerprint density at radius 3 is 1.43 bits per heavy atom. The van der Waals surface area contributed by atoms with Gasteiger partial charge in [0.05, 0.1) is 12.8 Å². The quantitative estimate of drug-likeness (QED) is 0.599. The first-order chi connectivity index (χ1) is 6.41. The summed E-state index contributed by atoms with van der Waals surface area (Å²) in [6.07, 6.45) is -1.02. The molecule has 0 aromatic rings. The summed E-state index contributed by atoms with van der Waals surface area (Å²) < 4.78 is 43.4. The van der Waals surface area contributed by atoms with Crippen LogP contribution in [-0.4, -0.2) is 29.5 Å². The topological polar surface area (TPSA) is 127 Å². The summed E-state index contributed by atoms with van der Waals surface area (Å²) in [5.74, 6) is -2.18. The van der Waals surface area contributed by atoms with Crippen LogP contribution in [0.2, 0.25) is 0 Å². The Morgan fingerprint density at radius 1 is 0.929 bits per heavy atom. The van der Waals surface area contributed by atoms with Crippen molar-refractivity contribution in [3.63, 3.8) is 0 Å². The van der Waals surface area contributed by atoms with E-state index in [1.165, 1.54) is 0 Å². The maximum Gasteiger partial charge on any atom is 0.360 e. The Bertz CT molecular complexity index is 245. The second kappa shape index (κ2) is 6.59. The van der Waals surface area contributed by atoms with Gasteiger partial charge in [-0.1, -0.05) is 0 Å². The third-order valence-electron chi connectivity index (χ3n) is 0.862. The molecule has 0 saturated heterocycles. The van der Waals surface area contributed by atoms with Gasteiger partial charge < -0.3 is 8.37 Å². The molecule has 2 unspecified atom stereocenters. The second-order valence-corrected chi connectivity index (χ2v) is 3.05. The molecule has 0 aliphatic rings. The summed E-state index contributed by atoms with van der Waals surface area (Å²) in [6.45, 7) is 0. The molecular formula is C4H6O8S2. The van der Waals surface area contributed by atoms with Crippen molar-refractivity contribution < 1.29 is 35.5 Å². The number of carbonyl (C=O) groups excluding carboxylic acids is 2. The van der Waals surface area contributed by atoms with Crippen LogP contribution >= 0.6 is 0 Å². The fourth-order valence-corrected chi connectivity index (χ4v) is 0.931. The molecule has 0 spiro atoms. The lowest BCUT2D eigenvalue weighted by Gasteiger charge is -1.98. The molecule has 14 heavy (non-hydrogen) atoms. The summed E-state index contributed by atoms with van der Waals surface area (Å²) in [6, 6.07) is 0. The lowest BCUT2D eigenvalue weighted by atomic mass is 10.3. The van der Waals surface area contributed by atoms with E-state index in [1.54, 1.807) is 0 Å². The van der Waals surface area contributed by atoms with Crippen molar-refractivity contribution in [3.8, 4) is 0 Å². The molecule has 0 saturated carbocycles. The molecule has 0 aliphatic carbocycles. The van der Waals surface area contributed by atoms with Gasteiger partial charge in [-0.25, -0.2) is 0 Å². The zero-order chi connectivity index (χ0) is 11.1. The van der Waals surface area contributed by atoms with Gasteiger partial charge in [0.25, 0.3) is 0 Å². The lowest BCUT2D eigenvalue weighted by molar-refractivity contribution is -0.140. The summed E-state index contributed by atoms with van der Waals surface area (Å²) >= 11 is -5.46. The minimum Gasteiger partial charge on any atom is -0.343 e. The van der Waals surface area contributed by atoms with Crippen LogP contribution in [0.25, 0.3) is 0 Å². The van der Waals surface area contributed by atoms with Crippen molar-refractivity contribution in [2.75, 3.05) is 0 Å². The van der Waals surface area contributed by atoms with E-state index < -0.39 is 47.5 Å². The van der Waals surface area contributed by atoms with Crippen molar-refractivity contribution in [2.24, 2.45) is 0 Å². The van der Waals surface area contributed by atoms with Gasteiger partial charge in [-0.3, -0.25) is 18.7 Å². The molecule has 0 aromatic heterocycles. The largest absolute Gasteiger partial charge is 0.360 e. The van der Waals surface area contributed by atoms with Gasteiger partial charge in [-0.15, -0.1) is 0 Å². The predicted octanol–water partition coefficient (Wildman–Crippen LogP) is -0.874. The van der Waals surface area contributed by atoms with Gasteiger partial charge in [-0.2, -0.15) is 8.42 Å². The summed E-state index contributed by atoms with van der Waals surface area (Å²) in [5.41, 5.74) is 0. The first-order valence-electron chi connectivity index (χ1n) is 3.06. The summed E-state index contributed by atoms with van der Waals surface area (Å²) in [5, 5.41) is 0. The van der Waals surface area contributed by atoms with E-state index in [1.807, 2.05) is 0 Å². The van der Waals surface area contributed by atoms with E-state index >= 15 is 0 Å². The van der Waals surface area contributed by atoms with Crippen molar-refractivity contribution in [1.82, 2.24) is 0 Å². The number of carbonyl (C=O) groups is 2. The van der Waals surface area contributed by atoms with Gasteiger partial charge in [0.1, 0.15) is 0 Å². The fraction of sp³-hybridized carbons (Fsp3) is 0.500. The first-order valence-corrected chi connectivity index (χ1v) is 5.12. The van der Waals surface area contributed by atoms with Crippen LogP contribution in [0.3, 0.4) is 0 Å². The van der Waals surface area contributed by atoms with Crippen LogP contribution in [0.5, 0.6) is 0 Å². The molecule has 0 amide bonds. The molecule has 10 heteroatoms. The number of hydrogen-bond acceptors (Lipinski definition) is 6. The van der Waals surface area contributed by atoms with Crippen LogP contribution in [-0.2, 0) is 40.7 Å². The highest BCUT2D eigenvalue weighted by molar-refractivity contribution is 7.74. The van der Waals surface area contributed by atoms with E-state index in [0.717, 1.165) is 0 Å². The van der Waals surface area contributed by atoms with E-state index in [9.17, 15) is 18.0 Å². The normalized spacial score (nSPS) is 14.1. The zero-order valence-electron chi connectivity index (χ0n) is 6.57. The van der Waals surface area contributed by atoms with Crippen molar-refractivity contribution in [3.05, 3.63) is 0 Å². The van der Waals surface area contributed by atoms with E-state index in [-0.39, 0.29) is 0 Å². The molecule has 0 fully saturated rings. The molecule has 0 bridgehead atoms. The van der Waals surface area contributed by atoms with Crippen LogP contribution in [0.1, 0.15) is 12.8 Å². The van der Waals surface area contributed by atoms with Crippen LogP contribution in [0, 0.1) is 0 Å². The minimum atomic E-state index is -2.73. The average molecular weight is 246 g/mol. The Kier molecular flexibility index (Phi) is 6.19. The molecule has 8 nitrogen and oxygen atoms in total. The molecule has 0 aliphatic heterocycles. The smallest absolute Gasteiger partial charge is 0.343 e. The number of rotatable bonds is 5. The van der Waals surface area contributed by atoms with E-state index in [0.29, 0.717) is 0 Å². The molecule has 0 radical (unpaired) electrons. The lowest BCUT2D eigenvalue weighted by Crippen LogP contribution is -2.11. The van der Waals surface area contributed by atoms with E-state index in [2.05, 4.69) is 8.37 Å². The van der Waals surface area contributed by atoms with Crippen molar-refractivity contribution >= 4 is 34.7 Å². The molecule has 2 N–H and O–H groups in total. The van der Waals surface area contributed by atoms with Gasteiger partial charge in [0, 0.05) is 0 Å².